The van der Waals surface area contributed by atoms with Gasteiger partial charge in [0, 0.05) is 13.1 Å². The minimum atomic E-state index is -1.72. The number of aliphatic hydroxyl groups is 2. The lowest BCUT2D eigenvalue weighted by atomic mass is 10.1. The number of hydrogen-bond donors (Lipinski definition) is 4. The van der Waals surface area contributed by atoms with Gasteiger partial charge in [-0.25, -0.2) is 0 Å². The maximum absolute atomic E-state index is 11.5. The van der Waals surface area contributed by atoms with E-state index in [4.69, 9.17) is 0 Å². The Morgan fingerprint density at radius 2 is 1.15 bits per heavy atom. The van der Waals surface area contributed by atoms with Crippen molar-refractivity contribution in [1.29, 1.82) is 0 Å². The first-order chi connectivity index (χ1) is 9.54. The molecule has 0 saturated carbocycles. The van der Waals surface area contributed by atoms with E-state index in [0.29, 0.717) is 13.1 Å². The van der Waals surface area contributed by atoms with E-state index in [-0.39, 0.29) is 0 Å². The number of aliphatic hydroxyl groups excluding tert-OH is 2. The van der Waals surface area contributed by atoms with Crippen molar-refractivity contribution in [3.05, 3.63) is 0 Å². The lowest BCUT2D eigenvalue weighted by Crippen LogP contribution is -2.49. The Balaban J connectivity index is 3.95. The number of carbonyl (C=O) groups is 2. The van der Waals surface area contributed by atoms with Gasteiger partial charge in [-0.1, -0.05) is 39.5 Å². The predicted molar refractivity (Wildman–Crippen MR) is 77.1 cm³/mol. The molecule has 0 aromatic rings. The van der Waals surface area contributed by atoms with E-state index < -0.39 is 24.0 Å². The van der Waals surface area contributed by atoms with Gasteiger partial charge in [-0.3, -0.25) is 9.59 Å². The topological polar surface area (TPSA) is 98.7 Å². The monoisotopic (exact) mass is 288 g/mol. The molecule has 0 bridgehead atoms. The maximum Gasteiger partial charge on any atom is 0.252 e. The van der Waals surface area contributed by atoms with Crippen molar-refractivity contribution in [2.24, 2.45) is 0 Å². The van der Waals surface area contributed by atoms with Crippen LogP contribution in [0.3, 0.4) is 0 Å². The molecule has 0 aromatic carbocycles. The first-order valence-corrected chi connectivity index (χ1v) is 7.46. The number of unbranched alkanes of at least 4 members (excludes halogenated alkanes) is 4. The van der Waals surface area contributed by atoms with E-state index in [9.17, 15) is 19.8 Å². The van der Waals surface area contributed by atoms with Gasteiger partial charge in [-0.2, -0.15) is 0 Å². The van der Waals surface area contributed by atoms with Crippen molar-refractivity contribution in [1.82, 2.24) is 10.6 Å². The van der Waals surface area contributed by atoms with Crippen LogP contribution in [0.15, 0.2) is 0 Å². The summed E-state index contributed by atoms with van der Waals surface area (Å²) in [5.74, 6) is -1.42. The molecule has 2 atom stereocenters. The molecule has 0 saturated heterocycles. The fraction of sp³-hybridized carbons (Fsp3) is 0.857. The molecular formula is C14H28N2O4. The second kappa shape index (κ2) is 11.7. The summed E-state index contributed by atoms with van der Waals surface area (Å²) in [4.78, 5) is 23.1. The lowest BCUT2D eigenvalue weighted by molar-refractivity contribution is -0.146. The van der Waals surface area contributed by atoms with Crippen LogP contribution in [0.2, 0.25) is 0 Å². The Bertz CT molecular complexity index is 256. The number of rotatable bonds is 11. The molecule has 6 heteroatoms. The largest absolute Gasteiger partial charge is 0.380 e. The molecule has 0 fully saturated rings. The minimum absolute atomic E-state index is 0.439. The Morgan fingerprint density at radius 3 is 1.45 bits per heavy atom. The summed E-state index contributed by atoms with van der Waals surface area (Å²) in [7, 11) is 0. The van der Waals surface area contributed by atoms with E-state index in [2.05, 4.69) is 10.6 Å². The molecule has 0 aliphatic heterocycles. The summed E-state index contributed by atoms with van der Waals surface area (Å²) in [6, 6.07) is 0. The third-order valence-corrected chi connectivity index (χ3v) is 3.00. The van der Waals surface area contributed by atoms with Gasteiger partial charge in [0.2, 0.25) is 0 Å². The van der Waals surface area contributed by atoms with Crippen LogP contribution in [0.4, 0.5) is 0 Å². The maximum atomic E-state index is 11.5. The summed E-state index contributed by atoms with van der Waals surface area (Å²) in [5.41, 5.74) is 0. The van der Waals surface area contributed by atoms with Crippen molar-refractivity contribution >= 4 is 11.8 Å². The van der Waals surface area contributed by atoms with Crippen LogP contribution >= 0.6 is 0 Å². The summed E-state index contributed by atoms with van der Waals surface area (Å²) in [6.45, 7) is 4.97. The Kier molecular flexibility index (Phi) is 11.0. The minimum Gasteiger partial charge on any atom is -0.380 e. The fourth-order valence-electron chi connectivity index (χ4n) is 1.67. The highest BCUT2D eigenvalue weighted by atomic mass is 16.3. The van der Waals surface area contributed by atoms with Crippen LogP contribution in [-0.2, 0) is 9.59 Å². The molecule has 2 unspecified atom stereocenters. The van der Waals surface area contributed by atoms with Crippen LogP contribution in [0, 0.1) is 0 Å². The zero-order valence-corrected chi connectivity index (χ0v) is 12.5. The van der Waals surface area contributed by atoms with Crippen LogP contribution < -0.4 is 10.6 Å². The Hall–Kier alpha value is -1.14. The smallest absolute Gasteiger partial charge is 0.252 e. The highest BCUT2D eigenvalue weighted by molar-refractivity contribution is 5.90. The second-order valence-electron chi connectivity index (χ2n) is 4.89. The first-order valence-electron chi connectivity index (χ1n) is 7.46. The second-order valence-corrected chi connectivity index (χ2v) is 4.89. The van der Waals surface area contributed by atoms with Gasteiger partial charge in [0.1, 0.15) is 0 Å². The van der Waals surface area contributed by atoms with E-state index in [1.54, 1.807) is 0 Å². The zero-order valence-electron chi connectivity index (χ0n) is 12.5. The standard InChI is InChI=1S/C14H28N2O4/c1-3-5-7-9-15-13(19)11(17)12(18)14(20)16-10-8-6-4-2/h11-12,17-18H,3-10H2,1-2H3,(H,15,19)(H,16,20). The fourth-order valence-corrected chi connectivity index (χ4v) is 1.67. The molecule has 0 aromatic heterocycles. The van der Waals surface area contributed by atoms with Crippen LogP contribution in [0.1, 0.15) is 52.4 Å². The Morgan fingerprint density at radius 1 is 0.800 bits per heavy atom. The molecule has 0 aliphatic rings. The van der Waals surface area contributed by atoms with Gasteiger partial charge in [0.25, 0.3) is 11.8 Å². The van der Waals surface area contributed by atoms with Gasteiger partial charge >= 0.3 is 0 Å². The predicted octanol–water partition coefficient (Wildman–Crippen LogP) is 0.321. The number of carbonyl (C=O) groups excluding carboxylic acids is 2. The highest BCUT2D eigenvalue weighted by Crippen LogP contribution is 1.97. The molecule has 0 aliphatic carbocycles. The van der Waals surface area contributed by atoms with Gasteiger partial charge in [-0.15, -0.1) is 0 Å². The summed E-state index contributed by atoms with van der Waals surface area (Å²) >= 11 is 0. The molecule has 0 spiro atoms. The third-order valence-electron chi connectivity index (χ3n) is 3.00. The molecule has 2 amide bonds. The summed E-state index contributed by atoms with van der Waals surface area (Å²) < 4.78 is 0. The first kappa shape index (κ1) is 18.9. The van der Waals surface area contributed by atoms with Crippen LogP contribution in [0.25, 0.3) is 0 Å². The van der Waals surface area contributed by atoms with E-state index in [1.807, 2.05) is 13.8 Å². The van der Waals surface area contributed by atoms with E-state index >= 15 is 0 Å². The van der Waals surface area contributed by atoms with Gasteiger partial charge in [0.05, 0.1) is 0 Å². The molecule has 0 heterocycles. The highest BCUT2D eigenvalue weighted by Gasteiger charge is 2.29. The van der Waals surface area contributed by atoms with Crippen molar-refractivity contribution in [2.75, 3.05) is 13.1 Å². The third kappa shape index (κ3) is 8.12. The number of amides is 2. The van der Waals surface area contributed by atoms with Gasteiger partial charge in [0.15, 0.2) is 12.2 Å². The van der Waals surface area contributed by atoms with E-state index in [0.717, 1.165) is 38.5 Å². The van der Waals surface area contributed by atoms with Gasteiger partial charge < -0.3 is 20.8 Å². The molecule has 0 rings (SSSR count). The molecular weight excluding hydrogens is 260 g/mol. The van der Waals surface area contributed by atoms with Crippen LogP contribution in [-0.4, -0.2) is 47.3 Å². The van der Waals surface area contributed by atoms with Crippen molar-refractivity contribution < 1.29 is 19.8 Å². The van der Waals surface area contributed by atoms with E-state index in [1.165, 1.54) is 0 Å². The lowest BCUT2D eigenvalue weighted by Gasteiger charge is -2.17. The van der Waals surface area contributed by atoms with Crippen molar-refractivity contribution in [3.63, 3.8) is 0 Å². The van der Waals surface area contributed by atoms with Crippen LogP contribution in [0.5, 0.6) is 0 Å². The SMILES string of the molecule is CCCCCNC(=O)C(O)C(O)C(=O)NCCCCC. The molecule has 6 nitrogen and oxygen atoms in total. The van der Waals surface area contributed by atoms with Gasteiger partial charge in [-0.05, 0) is 12.8 Å². The summed E-state index contributed by atoms with van der Waals surface area (Å²) in [6.07, 6.45) is 2.21. The number of hydrogen-bond acceptors (Lipinski definition) is 4. The molecule has 118 valence electrons. The van der Waals surface area contributed by atoms with Crippen molar-refractivity contribution in [3.8, 4) is 0 Å². The average molecular weight is 288 g/mol. The summed E-state index contributed by atoms with van der Waals surface area (Å²) in [5, 5.41) is 24.2. The quantitative estimate of drug-likeness (QED) is 0.412. The zero-order chi connectivity index (χ0) is 15.4. The average Bonchev–Trinajstić information content (AvgIpc) is 2.46. The molecule has 0 radical (unpaired) electrons. The van der Waals surface area contributed by atoms with Crippen molar-refractivity contribution in [2.45, 2.75) is 64.6 Å². The Labute approximate surface area is 120 Å². The molecule has 20 heavy (non-hydrogen) atoms. The molecule has 4 N–H and O–H groups in total. The normalized spacial score (nSPS) is 13.6. The number of nitrogens with one attached hydrogen (secondary N) is 2.